The molecular weight excluding hydrogens is 198 g/mol. The van der Waals surface area contributed by atoms with Crippen LogP contribution in [0.25, 0.3) is 11.1 Å². The molecule has 78 valence electrons. The number of oxazole rings is 1. The van der Waals surface area contributed by atoms with Crippen LogP contribution in [0, 0.1) is 0 Å². The van der Waals surface area contributed by atoms with Gasteiger partial charge in [-0.3, -0.25) is 9.36 Å². The number of nitrogen functional groups attached to an aromatic ring is 1. The fourth-order valence-electron chi connectivity index (χ4n) is 1.45. The zero-order valence-corrected chi connectivity index (χ0v) is 7.77. The number of rotatable bonds is 2. The number of hydrogen-bond acceptors (Lipinski definition) is 4. The van der Waals surface area contributed by atoms with Crippen molar-refractivity contribution in [2.75, 3.05) is 5.73 Å². The second-order valence-electron chi connectivity index (χ2n) is 3.11. The lowest BCUT2D eigenvalue weighted by atomic mass is 10.3. The van der Waals surface area contributed by atoms with Gasteiger partial charge in [0.2, 0.25) is 5.91 Å². The standard InChI is InChI=1S/C9H9N3O3/c10-5-2-1-3-6-8(5)12(4-7(11)13)9(14)15-6/h1-3H,4,10H2,(H2,11,13). The van der Waals surface area contributed by atoms with Gasteiger partial charge in [0.15, 0.2) is 5.58 Å². The number of carbonyl (C=O) groups excluding carboxylic acids is 1. The van der Waals surface area contributed by atoms with E-state index in [4.69, 9.17) is 15.9 Å². The number of nitrogens with two attached hydrogens (primary N) is 2. The van der Waals surface area contributed by atoms with Gasteiger partial charge in [-0.05, 0) is 12.1 Å². The summed E-state index contributed by atoms with van der Waals surface area (Å²) in [5.74, 6) is -1.26. The third kappa shape index (κ3) is 1.45. The maximum absolute atomic E-state index is 11.4. The lowest BCUT2D eigenvalue weighted by Gasteiger charge is -1.99. The zero-order valence-electron chi connectivity index (χ0n) is 7.77. The Morgan fingerprint density at radius 2 is 2.20 bits per heavy atom. The normalized spacial score (nSPS) is 10.7. The summed E-state index contributed by atoms with van der Waals surface area (Å²) < 4.78 is 6.02. The third-order valence-electron chi connectivity index (χ3n) is 2.03. The number of hydrogen-bond donors (Lipinski definition) is 2. The van der Waals surface area contributed by atoms with Gasteiger partial charge in [0.1, 0.15) is 12.1 Å². The molecule has 2 rings (SSSR count). The molecule has 0 bridgehead atoms. The highest BCUT2D eigenvalue weighted by Crippen LogP contribution is 2.19. The van der Waals surface area contributed by atoms with Crippen LogP contribution in [0.15, 0.2) is 27.4 Å². The van der Waals surface area contributed by atoms with Gasteiger partial charge in [-0.25, -0.2) is 4.79 Å². The molecule has 0 unspecified atom stereocenters. The van der Waals surface area contributed by atoms with E-state index in [-0.39, 0.29) is 6.54 Å². The van der Waals surface area contributed by atoms with Gasteiger partial charge in [0, 0.05) is 0 Å². The Kier molecular flexibility index (Phi) is 1.96. The van der Waals surface area contributed by atoms with E-state index in [9.17, 15) is 9.59 Å². The van der Waals surface area contributed by atoms with Gasteiger partial charge in [0.25, 0.3) is 0 Å². The van der Waals surface area contributed by atoms with Crippen molar-refractivity contribution >= 4 is 22.7 Å². The fraction of sp³-hybridized carbons (Fsp3) is 0.111. The highest BCUT2D eigenvalue weighted by molar-refractivity contribution is 5.87. The van der Waals surface area contributed by atoms with Crippen molar-refractivity contribution in [3.63, 3.8) is 0 Å². The van der Waals surface area contributed by atoms with Gasteiger partial charge in [-0.1, -0.05) is 6.07 Å². The summed E-state index contributed by atoms with van der Waals surface area (Å²) in [5, 5.41) is 0. The number of para-hydroxylation sites is 1. The van der Waals surface area contributed by atoms with E-state index in [1.54, 1.807) is 18.2 Å². The number of amides is 1. The molecule has 1 aromatic heterocycles. The molecule has 0 spiro atoms. The van der Waals surface area contributed by atoms with Gasteiger partial charge in [0.05, 0.1) is 5.69 Å². The monoisotopic (exact) mass is 207 g/mol. The third-order valence-corrected chi connectivity index (χ3v) is 2.03. The van der Waals surface area contributed by atoms with Crippen LogP contribution in [-0.4, -0.2) is 10.5 Å². The number of benzene rings is 1. The molecule has 6 nitrogen and oxygen atoms in total. The van der Waals surface area contributed by atoms with E-state index >= 15 is 0 Å². The molecule has 2 aromatic rings. The summed E-state index contributed by atoms with van der Waals surface area (Å²) >= 11 is 0. The molecule has 0 atom stereocenters. The average Bonchev–Trinajstić information content (AvgIpc) is 2.43. The minimum atomic E-state index is -0.637. The molecule has 0 saturated carbocycles. The van der Waals surface area contributed by atoms with Crippen LogP contribution >= 0.6 is 0 Å². The van der Waals surface area contributed by atoms with Crippen LogP contribution in [0.4, 0.5) is 5.69 Å². The summed E-state index contributed by atoms with van der Waals surface area (Å²) in [6, 6.07) is 4.88. The summed E-state index contributed by atoms with van der Waals surface area (Å²) in [5.41, 5.74) is 11.8. The maximum Gasteiger partial charge on any atom is 0.420 e. The molecule has 1 aromatic carbocycles. The van der Waals surface area contributed by atoms with Crippen LogP contribution in [0.5, 0.6) is 0 Å². The molecule has 15 heavy (non-hydrogen) atoms. The van der Waals surface area contributed by atoms with Crippen molar-refractivity contribution in [3.8, 4) is 0 Å². The zero-order chi connectivity index (χ0) is 11.0. The number of anilines is 1. The smallest absolute Gasteiger partial charge is 0.408 e. The minimum Gasteiger partial charge on any atom is -0.408 e. The predicted octanol–water partition coefficient (Wildman–Crippen LogP) is -0.338. The first kappa shape index (κ1) is 9.32. The van der Waals surface area contributed by atoms with Crippen molar-refractivity contribution in [1.29, 1.82) is 0 Å². The molecule has 1 heterocycles. The topological polar surface area (TPSA) is 104 Å². The van der Waals surface area contributed by atoms with Gasteiger partial charge in [-0.15, -0.1) is 0 Å². The molecular formula is C9H9N3O3. The largest absolute Gasteiger partial charge is 0.420 e. The van der Waals surface area contributed by atoms with E-state index < -0.39 is 11.7 Å². The van der Waals surface area contributed by atoms with Crippen molar-refractivity contribution in [2.45, 2.75) is 6.54 Å². The first-order chi connectivity index (χ1) is 7.09. The molecule has 0 aliphatic rings. The molecule has 0 aliphatic heterocycles. The Hall–Kier alpha value is -2.24. The average molecular weight is 207 g/mol. The van der Waals surface area contributed by atoms with E-state index in [1.807, 2.05) is 0 Å². The second-order valence-corrected chi connectivity index (χ2v) is 3.11. The summed E-state index contributed by atoms with van der Waals surface area (Å²) in [7, 11) is 0. The lowest BCUT2D eigenvalue weighted by Crippen LogP contribution is -2.25. The number of fused-ring (bicyclic) bond motifs is 1. The Bertz CT molecular complexity index is 582. The summed E-state index contributed by atoms with van der Waals surface area (Å²) in [4.78, 5) is 22.1. The van der Waals surface area contributed by atoms with E-state index in [0.717, 1.165) is 4.57 Å². The lowest BCUT2D eigenvalue weighted by molar-refractivity contribution is -0.118. The number of aromatic nitrogens is 1. The molecule has 0 saturated heterocycles. The van der Waals surface area contributed by atoms with E-state index in [0.29, 0.717) is 16.8 Å². The summed E-state index contributed by atoms with van der Waals surface area (Å²) in [6.45, 7) is -0.236. The quantitative estimate of drug-likeness (QED) is 0.657. The molecule has 0 aliphatic carbocycles. The van der Waals surface area contributed by atoms with Crippen LogP contribution in [0.2, 0.25) is 0 Å². The van der Waals surface area contributed by atoms with Crippen molar-refractivity contribution in [3.05, 3.63) is 28.7 Å². The van der Waals surface area contributed by atoms with Gasteiger partial charge < -0.3 is 15.9 Å². The first-order valence-electron chi connectivity index (χ1n) is 4.25. The molecule has 6 heteroatoms. The number of primary amides is 1. The molecule has 4 N–H and O–H groups in total. The van der Waals surface area contributed by atoms with E-state index in [2.05, 4.69) is 0 Å². The van der Waals surface area contributed by atoms with E-state index in [1.165, 1.54) is 0 Å². The van der Waals surface area contributed by atoms with Gasteiger partial charge >= 0.3 is 5.76 Å². The van der Waals surface area contributed by atoms with Gasteiger partial charge in [-0.2, -0.15) is 0 Å². The Labute approximate surface area is 84.1 Å². The molecule has 1 amide bonds. The second kappa shape index (κ2) is 3.16. The number of carbonyl (C=O) groups is 1. The van der Waals surface area contributed by atoms with Crippen molar-refractivity contribution in [2.24, 2.45) is 5.73 Å². The highest BCUT2D eigenvalue weighted by Gasteiger charge is 2.12. The minimum absolute atomic E-state index is 0.236. The Morgan fingerprint density at radius 1 is 1.47 bits per heavy atom. The fourth-order valence-corrected chi connectivity index (χ4v) is 1.45. The predicted molar refractivity (Wildman–Crippen MR) is 54.1 cm³/mol. The Morgan fingerprint density at radius 3 is 2.87 bits per heavy atom. The summed E-state index contributed by atoms with van der Waals surface area (Å²) in [6.07, 6.45) is 0. The molecule has 0 fully saturated rings. The van der Waals surface area contributed by atoms with Crippen molar-refractivity contribution in [1.82, 2.24) is 4.57 Å². The van der Waals surface area contributed by atoms with Crippen LogP contribution in [0.1, 0.15) is 0 Å². The first-order valence-corrected chi connectivity index (χ1v) is 4.25. The number of nitrogens with zero attached hydrogens (tertiary/aromatic N) is 1. The van der Waals surface area contributed by atoms with Crippen molar-refractivity contribution < 1.29 is 9.21 Å². The molecule has 0 radical (unpaired) electrons. The van der Waals surface area contributed by atoms with Crippen LogP contribution in [-0.2, 0) is 11.3 Å². The SMILES string of the molecule is NC(=O)Cn1c(=O)oc2cccc(N)c21. The van der Waals surface area contributed by atoms with Crippen LogP contribution < -0.4 is 17.2 Å². The Balaban J connectivity index is 2.76. The van der Waals surface area contributed by atoms with Crippen LogP contribution in [0.3, 0.4) is 0 Å². The highest BCUT2D eigenvalue weighted by atomic mass is 16.4. The maximum atomic E-state index is 11.4.